The predicted octanol–water partition coefficient (Wildman–Crippen LogP) is 3.17. The quantitative estimate of drug-likeness (QED) is 0.805. The summed E-state index contributed by atoms with van der Waals surface area (Å²) in [5, 5.41) is 0. The topological polar surface area (TPSA) is 55.8 Å². The highest BCUT2D eigenvalue weighted by Gasteiger charge is 2.32. The lowest BCUT2D eigenvalue weighted by molar-refractivity contribution is -0.152. The Morgan fingerprint density at radius 1 is 1.23 bits per heavy atom. The van der Waals surface area contributed by atoms with Gasteiger partial charge in [-0.2, -0.15) is 0 Å². The van der Waals surface area contributed by atoms with Gasteiger partial charge in [0.1, 0.15) is 6.61 Å². The number of esters is 1. The number of aryl methyl sites for hydroxylation is 1. The van der Waals surface area contributed by atoms with Gasteiger partial charge >= 0.3 is 12.1 Å². The molecule has 0 N–H and O–H groups in total. The van der Waals surface area contributed by atoms with Crippen LogP contribution in [0.25, 0.3) is 0 Å². The Morgan fingerprint density at radius 2 is 1.95 bits per heavy atom. The van der Waals surface area contributed by atoms with E-state index in [0.29, 0.717) is 6.54 Å². The number of carbonyl (C=O) groups is 2. The summed E-state index contributed by atoms with van der Waals surface area (Å²) in [6.45, 7) is 4.02. The average Bonchev–Trinajstić information content (AvgIpc) is 2.74. The molecular weight excluding hydrogens is 282 g/mol. The fourth-order valence-electron chi connectivity index (χ4n) is 2.54. The van der Waals surface area contributed by atoms with Gasteiger partial charge in [-0.15, -0.1) is 0 Å². The second-order valence-corrected chi connectivity index (χ2v) is 6.17. The molecule has 0 atom stereocenters. The van der Waals surface area contributed by atoms with E-state index in [1.54, 1.807) is 18.7 Å². The van der Waals surface area contributed by atoms with Crippen LogP contribution in [0.3, 0.4) is 0 Å². The molecule has 0 spiro atoms. The van der Waals surface area contributed by atoms with Crippen molar-refractivity contribution < 1.29 is 19.1 Å². The highest BCUT2D eigenvalue weighted by atomic mass is 16.6. The summed E-state index contributed by atoms with van der Waals surface area (Å²) >= 11 is 0. The summed E-state index contributed by atoms with van der Waals surface area (Å²) in [5.41, 5.74) is 1.21. The molecule has 1 aromatic carbocycles. The first kappa shape index (κ1) is 16.3. The first-order valence-corrected chi connectivity index (χ1v) is 7.56. The Balaban J connectivity index is 2.08. The van der Waals surface area contributed by atoms with Crippen molar-refractivity contribution in [2.24, 2.45) is 5.41 Å². The highest BCUT2D eigenvalue weighted by molar-refractivity contribution is 5.89. The third kappa shape index (κ3) is 3.59. The van der Waals surface area contributed by atoms with Gasteiger partial charge in [0.05, 0.1) is 18.2 Å². The minimum atomic E-state index is -0.851. The molecule has 2 rings (SSSR count). The number of nitrogens with zero attached hydrogens (tertiary/aromatic N) is 1. The number of carbonyl (C=O) groups excluding carboxylic acids is 2. The van der Waals surface area contributed by atoms with Gasteiger partial charge in [-0.1, -0.05) is 18.2 Å². The zero-order valence-corrected chi connectivity index (χ0v) is 13.4. The molecule has 0 saturated heterocycles. The molecule has 0 unspecified atom stereocenters. The van der Waals surface area contributed by atoms with Crippen LogP contribution in [0.15, 0.2) is 24.3 Å². The Bertz CT molecular complexity index is 553. The summed E-state index contributed by atoms with van der Waals surface area (Å²) in [6, 6.07) is 7.88. The summed E-state index contributed by atoms with van der Waals surface area (Å²) in [7, 11) is 1.33. The van der Waals surface area contributed by atoms with Gasteiger partial charge in [0.2, 0.25) is 0 Å². The van der Waals surface area contributed by atoms with E-state index in [4.69, 9.17) is 9.47 Å². The van der Waals surface area contributed by atoms with Crippen LogP contribution in [0.4, 0.5) is 10.5 Å². The Hall–Kier alpha value is -2.04. The lowest BCUT2D eigenvalue weighted by Gasteiger charge is -2.26. The molecular formula is C17H23NO4. The molecule has 0 aliphatic carbocycles. The Labute approximate surface area is 131 Å². The fraction of sp³-hybridized carbons (Fsp3) is 0.529. The molecule has 0 saturated carbocycles. The third-order valence-corrected chi connectivity index (χ3v) is 3.88. The normalized spacial score (nSPS) is 14.8. The van der Waals surface area contributed by atoms with Crippen molar-refractivity contribution in [3.63, 3.8) is 0 Å². The number of anilines is 1. The van der Waals surface area contributed by atoms with Gasteiger partial charge in [0.25, 0.3) is 0 Å². The highest BCUT2D eigenvalue weighted by Crippen LogP contribution is 2.27. The van der Waals surface area contributed by atoms with E-state index < -0.39 is 17.5 Å². The van der Waals surface area contributed by atoms with Gasteiger partial charge < -0.3 is 9.47 Å². The lowest BCUT2D eigenvalue weighted by atomic mass is 9.95. The zero-order valence-electron chi connectivity index (χ0n) is 13.4. The number of methoxy groups -OCH3 is 1. The van der Waals surface area contributed by atoms with Gasteiger partial charge in [-0.05, 0) is 44.7 Å². The monoisotopic (exact) mass is 305 g/mol. The number of hydrogen-bond acceptors (Lipinski definition) is 4. The SMILES string of the molecule is COC(=O)C(C)(C)COC(=O)N1CCCCc2ccccc21. The Morgan fingerprint density at radius 3 is 2.68 bits per heavy atom. The fourth-order valence-corrected chi connectivity index (χ4v) is 2.54. The molecule has 0 fully saturated rings. The molecule has 120 valence electrons. The summed E-state index contributed by atoms with van der Waals surface area (Å²) in [5.74, 6) is -0.392. The smallest absolute Gasteiger partial charge is 0.414 e. The standard InChI is InChI=1S/C17H23NO4/c1-17(2,15(19)21-3)12-22-16(20)18-11-7-6-9-13-8-4-5-10-14(13)18/h4-5,8,10H,6-7,9,11-12H2,1-3H3. The van der Waals surface area contributed by atoms with Crippen LogP contribution in [0, 0.1) is 5.41 Å². The van der Waals surface area contributed by atoms with Crippen molar-refractivity contribution in [3.8, 4) is 0 Å². The molecule has 0 radical (unpaired) electrons. The molecule has 1 aliphatic heterocycles. The lowest BCUT2D eigenvalue weighted by Crippen LogP contribution is -2.37. The first-order valence-electron chi connectivity index (χ1n) is 7.56. The third-order valence-electron chi connectivity index (χ3n) is 3.88. The van der Waals surface area contributed by atoms with E-state index in [9.17, 15) is 9.59 Å². The Kier molecular flexibility index (Phi) is 5.06. The maximum absolute atomic E-state index is 12.4. The second kappa shape index (κ2) is 6.81. The molecule has 5 nitrogen and oxygen atoms in total. The number of rotatable bonds is 3. The zero-order chi connectivity index (χ0) is 16.2. The van der Waals surface area contributed by atoms with E-state index in [1.807, 2.05) is 24.3 Å². The number of amides is 1. The summed E-state index contributed by atoms with van der Waals surface area (Å²) in [6.07, 6.45) is 2.54. The van der Waals surface area contributed by atoms with Crippen molar-refractivity contribution in [1.29, 1.82) is 0 Å². The van der Waals surface area contributed by atoms with E-state index in [-0.39, 0.29) is 6.61 Å². The van der Waals surface area contributed by atoms with E-state index >= 15 is 0 Å². The van der Waals surface area contributed by atoms with Crippen LogP contribution in [0.5, 0.6) is 0 Å². The molecule has 0 aromatic heterocycles. The van der Waals surface area contributed by atoms with Crippen LogP contribution >= 0.6 is 0 Å². The molecule has 0 bridgehead atoms. The molecule has 1 heterocycles. The van der Waals surface area contributed by atoms with E-state index in [0.717, 1.165) is 30.5 Å². The molecule has 22 heavy (non-hydrogen) atoms. The molecule has 1 amide bonds. The van der Waals surface area contributed by atoms with Gasteiger partial charge in [0, 0.05) is 6.54 Å². The molecule has 5 heteroatoms. The van der Waals surface area contributed by atoms with Crippen molar-refractivity contribution in [2.75, 3.05) is 25.2 Å². The number of benzene rings is 1. The molecule has 1 aromatic rings. The van der Waals surface area contributed by atoms with Gasteiger partial charge in [-0.3, -0.25) is 9.69 Å². The number of ether oxygens (including phenoxy) is 2. The van der Waals surface area contributed by atoms with Crippen LogP contribution in [0.2, 0.25) is 0 Å². The average molecular weight is 305 g/mol. The van der Waals surface area contributed by atoms with Gasteiger partial charge in [0.15, 0.2) is 0 Å². The summed E-state index contributed by atoms with van der Waals surface area (Å²) in [4.78, 5) is 25.7. The van der Waals surface area contributed by atoms with Crippen molar-refractivity contribution in [2.45, 2.75) is 33.1 Å². The first-order chi connectivity index (χ1) is 10.5. The maximum atomic E-state index is 12.4. The van der Waals surface area contributed by atoms with Gasteiger partial charge in [-0.25, -0.2) is 4.79 Å². The van der Waals surface area contributed by atoms with Crippen LogP contribution in [-0.4, -0.2) is 32.3 Å². The van der Waals surface area contributed by atoms with E-state index in [2.05, 4.69) is 0 Å². The molecule has 1 aliphatic rings. The second-order valence-electron chi connectivity index (χ2n) is 6.17. The van der Waals surface area contributed by atoms with Crippen LogP contribution in [-0.2, 0) is 20.7 Å². The maximum Gasteiger partial charge on any atom is 0.414 e. The van der Waals surface area contributed by atoms with Crippen LogP contribution in [0.1, 0.15) is 32.3 Å². The number of para-hydroxylation sites is 1. The van der Waals surface area contributed by atoms with E-state index in [1.165, 1.54) is 7.11 Å². The largest absolute Gasteiger partial charge is 0.469 e. The van der Waals surface area contributed by atoms with Crippen molar-refractivity contribution in [3.05, 3.63) is 29.8 Å². The van der Waals surface area contributed by atoms with Crippen LogP contribution < -0.4 is 4.90 Å². The minimum absolute atomic E-state index is 0.00280. The van der Waals surface area contributed by atoms with Crippen molar-refractivity contribution in [1.82, 2.24) is 0 Å². The minimum Gasteiger partial charge on any atom is -0.469 e. The van der Waals surface area contributed by atoms with Crippen molar-refractivity contribution >= 4 is 17.7 Å². The predicted molar refractivity (Wildman–Crippen MR) is 83.9 cm³/mol. The number of fused-ring (bicyclic) bond motifs is 1. The summed E-state index contributed by atoms with van der Waals surface area (Å²) < 4.78 is 10.1. The number of hydrogen-bond donors (Lipinski definition) is 0.